The summed E-state index contributed by atoms with van der Waals surface area (Å²) >= 11 is 0. The summed E-state index contributed by atoms with van der Waals surface area (Å²) in [5, 5.41) is 4.01. The highest BCUT2D eigenvalue weighted by Crippen LogP contribution is 2.24. The Morgan fingerprint density at radius 1 is 1.17 bits per heavy atom. The molecule has 1 fully saturated rings. The van der Waals surface area contributed by atoms with Crippen LogP contribution in [0.15, 0.2) is 34.9 Å². The maximum absolute atomic E-state index is 12.0. The zero-order valence-electron chi connectivity index (χ0n) is 14.1. The topological polar surface area (TPSA) is 88.5 Å². The number of amides is 1. The van der Waals surface area contributed by atoms with Gasteiger partial charge in [0.05, 0.1) is 0 Å². The van der Waals surface area contributed by atoms with Gasteiger partial charge in [0.2, 0.25) is 5.91 Å². The molecule has 2 heterocycles. The molecule has 0 aliphatic carbocycles. The van der Waals surface area contributed by atoms with E-state index < -0.39 is 6.04 Å². The van der Waals surface area contributed by atoms with Gasteiger partial charge in [-0.05, 0) is 5.56 Å². The average Bonchev–Trinajstić information content (AvgIpc) is 3.07. The van der Waals surface area contributed by atoms with E-state index in [1.54, 1.807) is 0 Å². The number of hydrogen-bond donors (Lipinski definition) is 1. The van der Waals surface area contributed by atoms with Gasteiger partial charge < -0.3 is 15.2 Å². The van der Waals surface area contributed by atoms with Gasteiger partial charge >= 0.3 is 6.01 Å². The molecular formula is C17H23N5O2. The fraction of sp³-hybridized carbons (Fsp3) is 0.471. The smallest absolute Gasteiger partial charge is 0.324 e. The van der Waals surface area contributed by atoms with Crippen LogP contribution in [-0.4, -0.2) is 47.1 Å². The van der Waals surface area contributed by atoms with Gasteiger partial charge in [-0.25, -0.2) is 0 Å². The molecule has 0 bridgehead atoms. The van der Waals surface area contributed by atoms with Crippen LogP contribution in [0.2, 0.25) is 0 Å². The molecular weight excluding hydrogens is 306 g/mol. The van der Waals surface area contributed by atoms with Gasteiger partial charge in [0, 0.05) is 32.1 Å². The van der Waals surface area contributed by atoms with Crippen molar-refractivity contribution in [2.24, 2.45) is 5.73 Å². The van der Waals surface area contributed by atoms with Crippen LogP contribution in [0.1, 0.15) is 37.2 Å². The summed E-state index contributed by atoms with van der Waals surface area (Å²) in [5.74, 6) is 0.627. The van der Waals surface area contributed by atoms with Gasteiger partial charge in [-0.3, -0.25) is 9.69 Å². The molecule has 1 atom stereocenters. The molecule has 128 valence electrons. The number of hydrogen-bond acceptors (Lipinski definition) is 6. The summed E-state index contributed by atoms with van der Waals surface area (Å²) in [6.45, 7) is 6.92. The highest BCUT2D eigenvalue weighted by atomic mass is 16.5. The van der Waals surface area contributed by atoms with E-state index in [9.17, 15) is 4.79 Å². The molecule has 1 amide bonds. The third-order valence-corrected chi connectivity index (χ3v) is 4.28. The minimum Gasteiger partial charge on any atom is -0.368 e. The van der Waals surface area contributed by atoms with E-state index in [2.05, 4.69) is 19.9 Å². The number of aromatic nitrogens is 2. The van der Waals surface area contributed by atoms with E-state index in [4.69, 9.17) is 10.3 Å². The summed E-state index contributed by atoms with van der Waals surface area (Å²) in [6.07, 6.45) is 0. The molecule has 2 aromatic rings. The van der Waals surface area contributed by atoms with E-state index in [1.807, 2.05) is 44.2 Å². The first-order valence-corrected chi connectivity index (χ1v) is 8.23. The minimum absolute atomic E-state index is 0.237. The Morgan fingerprint density at radius 3 is 2.38 bits per heavy atom. The van der Waals surface area contributed by atoms with Crippen molar-refractivity contribution < 1.29 is 9.32 Å². The van der Waals surface area contributed by atoms with Crippen molar-refractivity contribution in [3.63, 3.8) is 0 Å². The number of anilines is 1. The van der Waals surface area contributed by atoms with Crippen molar-refractivity contribution in [3.05, 3.63) is 41.7 Å². The highest BCUT2D eigenvalue weighted by Gasteiger charge is 2.30. The van der Waals surface area contributed by atoms with Crippen LogP contribution >= 0.6 is 0 Å². The third kappa shape index (κ3) is 3.41. The number of rotatable bonds is 5. The normalized spacial score (nSPS) is 17.2. The summed E-state index contributed by atoms with van der Waals surface area (Å²) in [7, 11) is 0. The number of carbonyl (C=O) groups is 1. The Balaban J connectivity index is 1.68. The van der Waals surface area contributed by atoms with Gasteiger partial charge in [0.25, 0.3) is 0 Å². The zero-order chi connectivity index (χ0) is 17.1. The zero-order valence-corrected chi connectivity index (χ0v) is 14.1. The first-order chi connectivity index (χ1) is 11.6. The van der Waals surface area contributed by atoms with Crippen molar-refractivity contribution >= 4 is 11.9 Å². The molecule has 7 nitrogen and oxygen atoms in total. The predicted molar refractivity (Wildman–Crippen MR) is 90.6 cm³/mol. The Hall–Kier alpha value is -2.41. The Labute approximate surface area is 141 Å². The summed E-state index contributed by atoms with van der Waals surface area (Å²) < 4.78 is 5.35. The molecule has 1 aliphatic heterocycles. The molecule has 0 spiro atoms. The second kappa shape index (κ2) is 7.00. The Morgan fingerprint density at radius 2 is 1.83 bits per heavy atom. The van der Waals surface area contributed by atoms with Crippen molar-refractivity contribution in [1.29, 1.82) is 0 Å². The lowest BCUT2D eigenvalue weighted by Crippen LogP contribution is -2.50. The van der Waals surface area contributed by atoms with Gasteiger partial charge in [-0.2, -0.15) is 4.98 Å². The first-order valence-electron chi connectivity index (χ1n) is 8.23. The molecule has 3 rings (SSSR count). The quantitative estimate of drug-likeness (QED) is 0.895. The maximum Gasteiger partial charge on any atom is 0.324 e. The van der Waals surface area contributed by atoms with E-state index in [-0.39, 0.29) is 11.8 Å². The molecule has 2 N–H and O–H groups in total. The largest absolute Gasteiger partial charge is 0.368 e. The third-order valence-electron chi connectivity index (χ3n) is 4.28. The fourth-order valence-corrected chi connectivity index (χ4v) is 2.95. The van der Waals surface area contributed by atoms with E-state index in [0.717, 1.165) is 18.7 Å². The van der Waals surface area contributed by atoms with Crippen LogP contribution in [0.25, 0.3) is 0 Å². The number of primary amides is 1. The number of nitrogens with zero attached hydrogens (tertiary/aromatic N) is 4. The Kier molecular flexibility index (Phi) is 4.80. The SMILES string of the molecule is CC(C)c1noc(N2CCN(C(C(N)=O)c3ccccc3)CC2)n1. The van der Waals surface area contributed by atoms with Crippen LogP contribution in [0.3, 0.4) is 0 Å². The van der Waals surface area contributed by atoms with E-state index in [1.165, 1.54) is 0 Å². The van der Waals surface area contributed by atoms with Crippen molar-refractivity contribution in [2.45, 2.75) is 25.8 Å². The summed E-state index contributed by atoms with van der Waals surface area (Å²) in [4.78, 5) is 20.5. The fourth-order valence-electron chi connectivity index (χ4n) is 2.95. The number of carbonyl (C=O) groups excluding carboxylic acids is 1. The molecule has 0 radical (unpaired) electrons. The van der Waals surface area contributed by atoms with Crippen LogP contribution in [0.4, 0.5) is 6.01 Å². The molecule has 24 heavy (non-hydrogen) atoms. The first kappa shape index (κ1) is 16.4. The van der Waals surface area contributed by atoms with Crippen molar-refractivity contribution in [2.75, 3.05) is 31.1 Å². The molecule has 7 heteroatoms. The molecule has 1 aromatic carbocycles. The highest BCUT2D eigenvalue weighted by molar-refractivity contribution is 5.81. The lowest BCUT2D eigenvalue weighted by molar-refractivity contribution is -0.123. The van der Waals surface area contributed by atoms with Crippen LogP contribution in [-0.2, 0) is 4.79 Å². The Bertz CT molecular complexity index is 677. The lowest BCUT2D eigenvalue weighted by Gasteiger charge is -2.37. The van der Waals surface area contributed by atoms with Gasteiger partial charge in [0.1, 0.15) is 6.04 Å². The second-order valence-electron chi connectivity index (χ2n) is 6.33. The maximum atomic E-state index is 12.0. The molecule has 1 aliphatic rings. The van der Waals surface area contributed by atoms with E-state index in [0.29, 0.717) is 24.9 Å². The summed E-state index contributed by atoms with van der Waals surface area (Å²) in [6, 6.07) is 9.81. The second-order valence-corrected chi connectivity index (χ2v) is 6.33. The van der Waals surface area contributed by atoms with Gasteiger partial charge in [0.15, 0.2) is 5.82 Å². The van der Waals surface area contributed by atoms with Gasteiger partial charge in [-0.15, -0.1) is 0 Å². The molecule has 1 saturated heterocycles. The van der Waals surface area contributed by atoms with E-state index >= 15 is 0 Å². The molecule has 1 aromatic heterocycles. The minimum atomic E-state index is -0.401. The predicted octanol–water partition coefficient (Wildman–Crippen LogP) is 1.54. The van der Waals surface area contributed by atoms with Crippen molar-refractivity contribution in [3.8, 4) is 0 Å². The molecule has 1 unspecified atom stereocenters. The van der Waals surface area contributed by atoms with Gasteiger partial charge in [-0.1, -0.05) is 49.3 Å². The average molecular weight is 329 g/mol. The number of nitrogens with two attached hydrogens (primary N) is 1. The van der Waals surface area contributed by atoms with Crippen molar-refractivity contribution in [1.82, 2.24) is 15.0 Å². The van der Waals surface area contributed by atoms with Crippen LogP contribution < -0.4 is 10.6 Å². The monoisotopic (exact) mass is 329 g/mol. The lowest BCUT2D eigenvalue weighted by atomic mass is 10.0. The molecule has 0 saturated carbocycles. The number of benzene rings is 1. The summed E-state index contributed by atoms with van der Waals surface area (Å²) in [5.41, 5.74) is 6.58. The van der Waals surface area contributed by atoms with Crippen LogP contribution in [0, 0.1) is 0 Å². The van der Waals surface area contributed by atoms with Crippen LogP contribution in [0.5, 0.6) is 0 Å². The standard InChI is InChI=1S/C17H23N5O2/c1-12(2)16-19-17(24-20-16)22-10-8-21(9-11-22)14(15(18)23)13-6-4-3-5-7-13/h3-7,12,14H,8-11H2,1-2H3,(H2,18,23). The number of piperazine rings is 1.